The number of aliphatic hydroxyl groups is 1. The lowest BCUT2D eigenvalue weighted by Crippen LogP contribution is -2.38. The van der Waals surface area contributed by atoms with E-state index in [-0.39, 0.29) is 18.6 Å². The van der Waals surface area contributed by atoms with Gasteiger partial charge in [0.2, 0.25) is 0 Å². The summed E-state index contributed by atoms with van der Waals surface area (Å²) < 4.78 is 1.02. The number of carbonyl (C=O) groups excluding carboxylic acids is 1. The molecule has 0 aromatic carbocycles. The van der Waals surface area contributed by atoms with Crippen molar-refractivity contribution in [3.8, 4) is 10.6 Å². The lowest BCUT2D eigenvalue weighted by Gasteiger charge is -2.14. The van der Waals surface area contributed by atoms with Crippen molar-refractivity contribution in [1.29, 1.82) is 0 Å². The molecule has 1 atom stereocenters. The number of hydrogen-bond donors (Lipinski definition) is 3. The number of aromatic nitrogens is 2. The van der Waals surface area contributed by atoms with Gasteiger partial charge in [0.25, 0.3) is 5.91 Å². The third kappa shape index (κ3) is 4.57. The van der Waals surface area contributed by atoms with Crippen molar-refractivity contribution in [1.82, 2.24) is 15.5 Å². The highest BCUT2D eigenvalue weighted by atomic mass is 79.9. The summed E-state index contributed by atoms with van der Waals surface area (Å²) in [6.45, 7) is -0.0680. The van der Waals surface area contributed by atoms with Crippen LogP contribution in [0.5, 0.6) is 0 Å². The Hall–Kier alpha value is -0.830. The summed E-state index contributed by atoms with van der Waals surface area (Å²) >= 11 is 6.66. The molecule has 3 N–H and O–H groups in total. The van der Waals surface area contributed by atoms with E-state index < -0.39 is 0 Å². The van der Waals surface area contributed by atoms with Crippen molar-refractivity contribution >= 4 is 44.9 Å². The van der Waals surface area contributed by atoms with Gasteiger partial charge in [0.05, 0.1) is 27.0 Å². The van der Waals surface area contributed by atoms with E-state index in [1.807, 2.05) is 18.4 Å². The van der Waals surface area contributed by atoms with Crippen LogP contribution in [0.15, 0.2) is 22.0 Å². The van der Waals surface area contributed by atoms with Gasteiger partial charge >= 0.3 is 0 Å². The third-order valence-electron chi connectivity index (χ3n) is 2.88. The quantitative estimate of drug-likeness (QED) is 0.680. The van der Waals surface area contributed by atoms with Gasteiger partial charge in [-0.05, 0) is 52.6 Å². The average molecular weight is 390 g/mol. The van der Waals surface area contributed by atoms with Gasteiger partial charge < -0.3 is 10.4 Å². The van der Waals surface area contributed by atoms with Gasteiger partial charge in [-0.25, -0.2) is 0 Å². The molecule has 0 aliphatic carbocycles. The molecular weight excluding hydrogens is 374 g/mol. The van der Waals surface area contributed by atoms with Gasteiger partial charge in [0, 0.05) is 0 Å². The number of amides is 1. The zero-order valence-corrected chi connectivity index (χ0v) is 14.6. The SMILES string of the molecule is CSCCC(CO)NC(=O)c1cc(-c2ccc(Br)s2)[nH]n1. The molecule has 114 valence electrons. The third-order valence-corrected chi connectivity index (χ3v) is 5.18. The molecule has 1 unspecified atom stereocenters. The predicted molar refractivity (Wildman–Crippen MR) is 90.9 cm³/mol. The topological polar surface area (TPSA) is 78.0 Å². The molecule has 0 bridgehead atoms. The zero-order chi connectivity index (χ0) is 15.2. The second-order valence-electron chi connectivity index (χ2n) is 4.41. The standard InChI is InChI=1S/C13H16BrN3O2S2/c1-20-5-4-8(7-18)15-13(19)10-6-9(16-17-10)11-2-3-12(14)21-11/h2-3,6,8,18H,4-5,7H2,1H3,(H,15,19)(H,16,17). The molecule has 0 aliphatic rings. The van der Waals surface area contributed by atoms with Gasteiger partial charge in [-0.3, -0.25) is 9.89 Å². The van der Waals surface area contributed by atoms with Gasteiger partial charge in [-0.15, -0.1) is 11.3 Å². The maximum atomic E-state index is 12.1. The Morgan fingerprint density at radius 3 is 3.05 bits per heavy atom. The molecule has 1 amide bonds. The normalized spacial score (nSPS) is 12.3. The minimum atomic E-state index is -0.270. The molecule has 0 spiro atoms. The van der Waals surface area contributed by atoms with Crippen LogP contribution >= 0.6 is 39.0 Å². The molecule has 0 saturated carbocycles. The number of rotatable bonds is 7. The summed E-state index contributed by atoms with van der Waals surface area (Å²) in [6.07, 6.45) is 2.73. The number of halogens is 1. The molecule has 2 aromatic heterocycles. The smallest absolute Gasteiger partial charge is 0.272 e. The fraction of sp³-hybridized carbons (Fsp3) is 0.385. The molecule has 0 aliphatic heterocycles. The first-order chi connectivity index (χ1) is 10.1. The van der Waals surface area contributed by atoms with Gasteiger partial charge in [0.1, 0.15) is 0 Å². The fourth-order valence-corrected chi connectivity index (χ4v) is 3.62. The lowest BCUT2D eigenvalue weighted by atomic mass is 10.2. The number of carbonyl (C=O) groups is 1. The Morgan fingerprint density at radius 1 is 1.62 bits per heavy atom. The number of nitrogens with zero attached hydrogens (tertiary/aromatic N) is 1. The van der Waals surface area contributed by atoms with Crippen LogP contribution in [0.25, 0.3) is 10.6 Å². The summed E-state index contributed by atoms with van der Waals surface area (Å²) in [5.41, 5.74) is 1.14. The van der Waals surface area contributed by atoms with Crippen LogP contribution in [0.2, 0.25) is 0 Å². The molecule has 0 saturated heterocycles. The number of aromatic amines is 1. The highest BCUT2D eigenvalue weighted by molar-refractivity contribution is 9.11. The molecule has 2 heterocycles. The van der Waals surface area contributed by atoms with Gasteiger partial charge in [0.15, 0.2) is 5.69 Å². The van der Waals surface area contributed by atoms with Crippen molar-refractivity contribution in [3.63, 3.8) is 0 Å². The van der Waals surface area contributed by atoms with E-state index in [2.05, 4.69) is 31.4 Å². The van der Waals surface area contributed by atoms with Crippen molar-refractivity contribution in [3.05, 3.63) is 27.7 Å². The summed E-state index contributed by atoms with van der Waals surface area (Å²) in [6, 6.07) is 5.39. The molecule has 5 nitrogen and oxygen atoms in total. The molecule has 21 heavy (non-hydrogen) atoms. The number of hydrogen-bond acceptors (Lipinski definition) is 5. The van der Waals surface area contributed by atoms with Crippen molar-refractivity contribution in [2.75, 3.05) is 18.6 Å². The van der Waals surface area contributed by atoms with E-state index in [1.54, 1.807) is 29.2 Å². The van der Waals surface area contributed by atoms with Crippen LogP contribution in [-0.2, 0) is 0 Å². The number of H-pyrrole nitrogens is 1. The van der Waals surface area contributed by atoms with Crippen molar-refractivity contribution < 1.29 is 9.90 Å². The largest absolute Gasteiger partial charge is 0.394 e. The Morgan fingerprint density at radius 2 is 2.43 bits per heavy atom. The highest BCUT2D eigenvalue weighted by Gasteiger charge is 2.16. The van der Waals surface area contributed by atoms with Crippen LogP contribution in [0.4, 0.5) is 0 Å². The number of nitrogens with one attached hydrogen (secondary N) is 2. The second kappa shape index (κ2) is 7.98. The summed E-state index contributed by atoms with van der Waals surface area (Å²) in [5.74, 6) is 0.619. The Labute approximate surface area is 139 Å². The Balaban J connectivity index is 2.01. The summed E-state index contributed by atoms with van der Waals surface area (Å²) in [7, 11) is 0. The van der Waals surface area contributed by atoms with Crippen molar-refractivity contribution in [2.24, 2.45) is 0 Å². The first-order valence-electron chi connectivity index (χ1n) is 6.35. The fourth-order valence-electron chi connectivity index (χ4n) is 1.75. The van der Waals surface area contributed by atoms with E-state index in [4.69, 9.17) is 0 Å². The first-order valence-corrected chi connectivity index (χ1v) is 9.36. The zero-order valence-electron chi connectivity index (χ0n) is 11.4. The van der Waals surface area contributed by atoms with Gasteiger partial charge in [-0.1, -0.05) is 0 Å². The van der Waals surface area contributed by atoms with Crippen LogP contribution < -0.4 is 5.32 Å². The van der Waals surface area contributed by atoms with E-state index in [0.717, 1.165) is 26.5 Å². The minimum absolute atomic E-state index is 0.0680. The number of thiophene rings is 1. The van der Waals surface area contributed by atoms with Crippen molar-refractivity contribution in [2.45, 2.75) is 12.5 Å². The molecule has 0 fully saturated rings. The van der Waals surface area contributed by atoms with Crippen LogP contribution in [-0.4, -0.2) is 45.9 Å². The molecule has 2 rings (SSSR count). The van der Waals surface area contributed by atoms with E-state index in [0.29, 0.717) is 5.69 Å². The van der Waals surface area contributed by atoms with E-state index in [9.17, 15) is 9.90 Å². The number of aliphatic hydroxyl groups excluding tert-OH is 1. The lowest BCUT2D eigenvalue weighted by molar-refractivity contribution is 0.0910. The average Bonchev–Trinajstić information content (AvgIpc) is 3.11. The first kappa shape index (κ1) is 16.5. The van der Waals surface area contributed by atoms with Crippen LogP contribution in [0.3, 0.4) is 0 Å². The summed E-state index contributed by atoms with van der Waals surface area (Å²) in [4.78, 5) is 13.1. The van der Waals surface area contributed by atoms with Crippen LogP contribution in [0.1, 0.15) is 16.9 Å². The van der Waals surface area contributed by atoms with Crippen LogP contribution in [0, 0.1) is 0 Å². The molecule has 0 radical (unpaired) electrons. The number of thioether (sulfide) groups is 1. The Bertz CT molecular complexity index is 600. The molecular formula is C13H16BrN3O2S2. The minimum Gasteiger partial charge on any atom is -0.394 e. The molecule has 8 heteroatoms. The maximum Gasteiger partial charge on any atom is 0.272 e. The monoisotopic (exact) mass is 389 g/mol. The molecule has 2 aromatic rings. The summed E-state index contributed by atoms with van der Waals surface area (Å²) in [5, 5.41) is 19.0. The highest BCUT2D eigenvalue weighted by Crippen LogP contribution is 2.30. The second-order valence-corrected chi connectivity index (χ2v) is 7.85. The Kier molecular flexibility index (Phi) is 6.28. The van der Waals surface area contributed by atoms with Gasteiger partial charge in [-0.2, -0.15) is 16.9 Å². The predicted octanol–water partition coefficient (Wildman–Crippen LogP) is 2.74. The van der Waals surface area contributed by atoms with E-state index in [1.165, 1.54) is 0 Å². The van der Waals surface area contributed by atoms with E-state index >= 15 is 0 Å². The maximum absolute atomic E-state index is 12.1.